The van der Waals surface area contributed by atoms with E-state index in [0.29, 0.717) is 42.9 Å². The van der Waals surface area contributed by atoms with E-state index >= 15 is 0 Å². The molecular formula is C36H40N4O5. The van der Waals surface area contributed by atoms with E-state index in [-0.39, 0.29) is 23.7 Å². The molecular weight excluding hydrogens is 568 g/mol. The zero-order chi connectivity index (χ0) is 31.7. The van der Waals surface area contributed by atoms with E-state index < -0.39 is 6.04 Å². The number of carbonyl (C=O) groups excluding carboxylic acids is 2. The minimum atomic E-state index is -0.586. The van der Waals surface area contributed by atoms with Gasteiger partial charge in [0.1, 0.15) is 5.75 Å². The first kappa shape index (κ1) is 30.1. The molecule has 3 N–H and O–H groups in total. The molecule has 234 valence electrons. The number of carbonyl (C=O) groups is 2. The Morgan fingerprint density at radius 1 is 1.00 bits per heavy atom. The van der Waals surface area contributed by atoms with Crippen LogP contribution in [0.4, 0.5) is 11.4 Å². The smallest absolute Gasteiger partial charge is 0.239 e. The predicted molar refractivity (Wildman–Crippen MR) is 176 cm³/mol. The molecule has 9 nitrogen and oxygen atoms in total. The molecule has 1 amide bonds. The van der Waals surface area contributed by atoms with Crippen molar-refractivity contribution >= 4 is 34.0 Å². The molecule has 1 atom stereocenters. The summed E-state index contributed by atoms with van der Waals surface area (Å²) in [5.41, 5.74) is 5.86. The lowest BCUT2D eigenvalue weighted by Crippen LogP contribution is -2.42. The second-order valence-electron chi connectivity index (χ2n) is 12.4. The summed E-state index contributed by atoms with van der Waals surface area (Å²) in [5, 5.41) is 7.80. The van der Waals surface area contributed by atoms with Gasteiger partial charge in [-0.25, -0.2) is 0 Å². The van der Waals surface area contributed by atoms with Gasteiger partial charge in [-0.05, 0) is 60.2 Å². The Morgan fingerprint density at radius 2 is 1.82 bits per heavy atom. The molecule has 0 spiro atoms. The van der Waals surface area contributed by atoms with Gasteiger partial charge in [0.15, 0.2) is 17.3 Å². The lowest BCUT2D eigenvalue weighted by molar-refractivity contribution is -0.120. The van der Waals surface area contributed by atoms with Crippen LogP contribution in [0.1, 0.15) is 43.9 Å². The van der Waals surface area contributed by atoms with Gasteiger partial charge in [-0.3, -0.25) is 9.59 Å². The third kappa shape index (κ3) is 5.82. The SMILES string of the molecule is COc1ccc2[nH]cc(CCNC(=O)CN3c4ccccc4NC4=C(C(=O)CC(C)(C)C4)C3c3cccc(OC)c3OC)c2c1. The number of anilines is 2. The number of fused-ring (bicyclic) bond motifs is 2. The monoisotopic (exact) mass is 608 g/mol. The molecule has 0 saturated heterocycles. The average molecular weight is 609 g/mol. The summed E-state index contributed by atoms with van der Waals surface area (Å²) in [6.07, 6.45) is 3.72. The minimum absolute atomic E-state index is 0.0267. The molecule has 9 heteroatoms. The quantitative estimate of drug-likeness (QED) is 0.209. The van der Waals surface area contributed by atoms with Gasteiger partial charge in [0.2, 0.25) is 5.91 Å². The van der Waals surface area contributed by atoms with Gasteiger partial charge in [0, 0.05) is 46.9 Å². The number of para-hydroxylation sites is 3. The lowest BCUT2D eigenvalue weighted by atomic mass is 9.73. The van der Waals surface area contributed by atoms with E-state index in [2.05, 4.69) is 29.5 Å². The van der Waals surface area contributed by atoms with Gasteiger partial charge >= 0.3 is 0 Å². The molecule has 0 bridgehead atoms. The number of aromatic nitrogens is 1. The summed E-state index contributed by atoms with van der Waals surface area (Å²) in [5.74, 6) is 1.78. The molecule has 1 aliphatic heterocycles. The Kier molecular flexibility index (Phi) is 8.18. The van der Waals surface area contributed by atoms with Crippen molar-refractivity contribution in [2.45, 2.75) is 39.2 Å². The first-order valence-corrected chi connectivity index (χ1v) is 15.2. The van der Waals surface area contributed by atoms with Gasteiger partial charge in [-0.15, -0.1) is 0 Å². The molecule has 1 aromatic heterocycles. The molecule has 4 aromatic rings. The highest BCUT2D eigenvalue weighted by atomic mass is 16.5. The zero-order valence-corrected chi connectivity index (χ0v) is 26.5. The number of aromatic amines is 1. The summed E-state index contributed by atoms with van der Waals surface area (Å²) in [6, 6.07) is 18.9. The van der Waals surface area contributed by atoms with Crippen LogP contribution in [0.3, 0.4) is 0 Å². The van der Waals surface area contributed by atoms with Crippen LogP contribution in [0.25, 0.3) is 10.9 Å². The second kappa shape index (κ2) is 12.2. The Balaban J connectivity index is 1.36. The highest BCUT2D eigenvalue weighted by Gasteiger charge is 2.43. The molecule has 0 radical (unpaired) electrons. The summed E-state index contributed by atoms with van der Waals surface area (Å²) >= 11 is 0. The Hall–Kier alpha value is -4.92. The maximum Gasteiger partial charge on any atom is 0.239 e. The molecule has 45 heavy (non-hydrogen) atoms. The van der Waals surface area contributed by atoms with Gasteiger partial charge < -0.3 is 34.7 Å². The number of Topliss-reactive ketones (excluding diaryl/α,β-unsaturated/α-hetero) is 1. The Labute approximate surface area is 263 Å². The third-order valence-corrected chi connectivity index (χ3v) is 8.74. The molecule has 0 saturated carbocycles. The van der Waals surface area contributed by atoms with Crippen molar-refractivity contribution in [3.63, 3.8) is 0 Å². The van der Waals surface area contributed by atoms with Gasteiger partial charge in [-0.2, -0.15) is 0 Å². The summed E-state index contributed by atoms with van der Waals surface area (Å²) in [4.78, 5) is 33.1. The summed E-state index contributed by atoms with van der Waals surface area (Å²) in [7, 11) is 4.85. The van der Waals surface area contributed by atoms with Crippen molar-refractivity contribution in [3.05, 3.63) is 89.3 Å². The molecule has 6 rings (SSSR count). The molecule has 1 aliphatic carbocycles. The molecule has 2 heterocycles. The highest BCUT2D eigenvalue weighted by Crippen LogP contribution is 2.50. The molecule has 3 aromatic carbocycles. The number of hydrogen-bond donors (Lipinski definition) is 3. The van der Waals surface area contributed by atoms with Gasteiger partial charge in [0.05, 0.1) is 45.3 Å². The number of ketones is 1. The largest absolute Gasteiger partial charge is 0.497 e. The van der Waals surface area contributed by atoms with E-state index in [0.717, 1.165) is 44.9 Å². The van der Waals surface area contributed by atoms with Crippen LogP contribution in [-0.2, 0) is 16.0 Å². The molecule has 2 aliphatic rings. The number of amides is 1. The number of methoxy groups -OCH3 is 3. The minimum Gasteiger partial charge on any atom is -0.497 e. The van der Waals surface area contributed by atoms with E-state index in [1.54, 1.807) is 21.3 Å². The van der Waals surface area contributed by atoms with Crippen LogP contribution in [-0.4, -0.2) is 51.1 Å². The van der Waals surface area contributed by atoms with Crippen LogP contribution in [0.5, 0.6) is 17.2 Å². The highest BCUT2D eigenvalue weighted by molar-refractivity contribution is 6.02. The third-order valence-electron chi connectivity index (χ3n) is 8.74. The van der Waals surface area contributed by atoms with Crippen molar-refractivity contribution < 1.29 is 23.8 Å². The number of allylic oxidation sites excluding steroid dienone is 1. The van der Waals surface area contributed by atoms with Gasteiger partial charge in [-0.1, -0.05) is 38.1 Å². The van der Waals surface area contributed by atoms with Crippen molar-refractivity contribution in [2.24, 2.45) is 5.41 Å². The van der Waals surface area contributed by atoms with Crippen LogP contribution in [0, 0.1) is 5.41 Å². The van der Waals surface area contributed by atoms with Crippen LogP contribution in [0.2, 0.25) is 0 Å². The van der Waals surface area contributed by atoms with Crippen molar-refractivity contribution in [1.82, 2.24) is 10.3 Å². The molecule has 1 unspecified atom stereocenters. The number of hydrogen-bond acceptors (Lipinski definition) is 7. The van der Waals surface area contributed by atoms with Crippen LogP contribution in [0.15, 0.2) is 78.1 Å². The topological polar surface area (TPSA) is 105 Å². The second-order valence-corrected chi connectivity index (χ2v) is 12.4. The number of rotatable bonds is 9. The maximum absolute atomic E-state index is 14.1. The predicted octanol–water partition coefficient (Wildman–Crippen LogP) is 6.17. The summed E-state index contributed by atoms with van der Waals surface area (Å²) < 4.78 is 17.0. The van der Waals surface area contributed by atoms with Crippen molar-refractivity contribution in [2.75, 3.05) is 44.6 Å². The van der Waals surface area contributed by atoms with E-state index in [1.165, 1.54) is 0 Å². The summed E-state index contributed by atoms with van der Waals surface area (Å²) in [6.45, 7) is 4.70. The number of nitrogens with one attached hydrogen (secondary N) is 3. The standard InChI is InChI=1S/C36H40N4O5/c1-36(2)18-28-33(30(41)19-36)34(24-9-8-12-31(44-4)35(24)45-5)40(29-11-7-6-10-27(29)39-28)21-32(42)37-16-15-22-20-38-26-14-13-23(43-3)17-25(22)26/h6-14,17,20,34,38-39H,15-16,18-19,21H2,1-5H3,(H,37,42). The molecule has 0 fully saturated rings. The first-order chi connectivity index (χ1) is 21.7. The average Bonchev–Trinajstić information content (AvgIpc) is 3.37. The van der Waals surface area contributed by atoms with Gasteiger partial charge in [0.25, 0.3) is 0 Å². The lowest BCUT2D eigenvalue weighted by Gasteiger charge is -2.38. The van der Waals surface area contributed by atoms with E-state index in [1.807, 2.05) is 71.8 Å². The van der Waals surface area contributed by atoms with E-state index in [4.69, 9.17) is 14.2 Å². The number of ether oxygens (including phenoxy) is 3. The first-order valence-electron chi connectivity index (χ1n) is 15.2. The van der Waals surface area contributed by atoms with Crippen molar-refractivity contribution in [1.29, 1.82) is 0 Å². The maximum atomic E-state index is 14.1. The Bertz CT molecular complexity index is 1790. The fourth-order valence-corrected chi connectivity index (χ4v) is 6.72. The fourth-order valence-electron chi connectivity index (χ4n) is 6.72. The number of nitrogens with zero attached hydrogens (tertiary/aromatic N) is 1. The Morgan fingerprint density at radius 3 is 2.60 bits per heavy atom. The normalized spacial score (nSPS) is 17.2. The number of benzene rings is 3. The van der Waals surface area contributed by atoms with E-state index in [9.17, 15) is 9.59 Å². The number of H-pyrrole nitrogens is 1. The van der Waals surface area contributed by atoms with Crippen LogP contribution >= 0.6 is 0 Å². The fraction of sp³-hybridized carbons (Fsp3) is 0.333. The van der Waals surface area contributed by atoms with Crippen molar-refractivity contribution in [3.8, 4) is 17.2 Å². The zero-order valence-electron chi connectivity index (χ0n) is 26.5. The van der Waals surface area contributed by atoms with Crippen LogP contribution < -0.4 is 29.7 Å².